The maximum atomic E-state index is 12.4. The number of aliphatic hydroxyl groups is 2. The van der Waals surface area contributed by atoms with Crippen LogP contribution in [0, 0.1) is 0 Å². The fourth-order valence-corrected chi connectivity index (χ4v) is 8.59. The minimum absolute atomic E-state index is 0.0411. The van der Waals surface area contributed by atoms with Crippen LogP contribution < -0.4 is 5.32 Å². The quantitative estimate of drug-likeness (QED) is 0.0321. The second-order valence-electron chi connectivity index (χ2n) is 19.3. The van der Waals surface area contributed by atoms with Gasteiger partial charge in [-0.05, 0) is 70.6 Å². The van der Waals surface area contributed by atoms with E-state index in [1.54, 1.807) is 0 Å². The number of allylic oxidation sites excluding steroid dienone is 5. The summed E-state index contributed by atoms with van der Waals surface area (Å²) in [5.41, 5.74) is 0. The molecule has 0 aliphatic rings. The summed E-state index contributed by atoms with van der Waals surface area (Å²) in [5, 5.41) is 23.2. The van der Waals surface area contributed by atoms with E-state index in [1.165, 1.54) is 212 Å². The van der Waals surface area contributed by atoms with Crippen LogP contribution in [0.4, 0.5) is 0 Å². The van der Waals surface area contributed by atoms with Crippen molar-refractivity contribution in [3.63, 3.8) is 0 Å². The molecule has 0 bridgehead atoms. The molecule has 6 heteroatoms. The molecule has 0 aliphatic carbocycles. The standard InChI is InChI=1S/C58H109NO5/c1-3-5-7-9-11-13-15-16-24-28-32-36-40-44-48-52-58(63)64-53-49-45-41-37-33-29-26-23-21-19-17-18-20-22-25-27-31-35-39-43-47-51-57(62)59-55(54-60)56(61)50-46-42-38-34-30-14-12-10-8-6-4-2/h16,24,29,33,41,45,55-56,60-61H,3-15,17-23,25-28,30-32,34-40,42-44,46-54H2,1-2H3,(H,59,62)/b24-16-,33-29-,45-41-. The molecule has 0 aliphatic heterocycles. The Hall–Kier alpha value is -1.92. The molecule has 0 aromatic carbocycles. The minimum atomic E-state index is -0.666. The topological polar surface area (TPSA) is 95.9 Å². The van der Waals surface area contributed by atoms with E-state index in [0.717, 1.165) is 51.4 Å². The van der Waals surface area contributed by atoms with E-state index in [4.69, 9.17) is 4.74 Å². The summed E-state index contributed by atoms with van der Waals surface area (Å²) in [6, 6.07) is -0.544. The highest BCUT2D eigenvalue weighted by atomic mass is 16.5. The third-order valence-electron chi connectivity index (χ3n) is 12.9. The van der Waals surface area contributed by atoms with Gasteiger partial charge in [0.05, 0.1) is 25.4 Å². The van der Waals surface area contributed by atoms with Crippen LogP contribution in [0.3, 0.4) is 0 Å². The fourth-order valence-electron chi connectivity index (χ4n) is 8.59. The third-order valence-corrected chi connectivity index (χ3v) is 12.9. The maximum absolute atomic E-state index is 12.4. The van der Waals surface area contributed by atoms with Gasteiger partial charge in [0, 0.05) is 12.8 Å². The van der Waals surface area contributed by atoms with Crippen LogP contribution >= 0.6 is 0 Å². The van der Waals surface area contributed by atoms with Crippen molar-refractivity contribution in [3.8, 4) is 0 Å². The van der Waals surface area contributed by atoms with Crippen LogP contribution in [-0.4, -0.2) is 47.4 Å². The number of rotatable bonds is 52. The Morgan fingerprint density at radius 3 is 1.20 bits per heavy atom. The summed E-state index contributed by atoms with van der Waals surface area (Å²) in [4.78, 5) is 24.4. The number of carbonyl (C=O) groups is 2. The van der Waals surface area contributed by atoms with Crippen LogP contribution in [0.1, 0.15) is 296 Å². The van der Waals surface area contributed by atoms with Crippen LogP contribution in [0.5, 0.6) is 0 Å². The summed E-state index contributed by atoms with van der Waals surface area (Å²) in [6.07, 6.45) is 65.8. The molecule has 2 atom stereocenters. The zero-order chi connectivity index (χ0) is 46.5. The Labute approximate surface area is 398 Å². The first kappa shape index (κ1) is 62.1. The first-order chi connectivity index (χ1) is 31.5. The van der Waals surface area contributed by atoms with Gasteiger partial charge in [-0.2, -0.15) is 0 Å². The maximum Gasteiger partial charge on any atom is 0.305 e. The smallest absolute Gasteiger partial charge is 0.305 e. The molecule has 2 unspecified atom stereocenters. The van der Waals surface area contributed by atoms with E-state index < -0.39 is 12.1 Å². The lowest BCUT2D eigenvalue weighted by atomic mass is 10.0. The Morgan fingerprint density at radius 1 is 0.438 bits per heavy atom. The summed E-state index contributed by atoms with van der Waals surface area (Å²) in [6.45, 7) is 4.83. The zero-order valence-electron chi connectivity index (χ0n) is 42.8. The van der Waals surface area contributed by atoms with Crippen LogP contribution in [0.15, 0.2) is 36.5 Å². The van der Waals surface area contributed by atoms with E-state index >= 15 is 0 Å². The van der Waals surface area contributed by atoms with Gasteiger partial charge in [-0.3, -0.25) is 9.59 Å². The van der Waals surface area contributed by atoms with Crippen molar-refractivity contribution >= 4 is 11.9 Å². The molecule has 0 heterocycles. The number of esters is 1. The molecule has 1 amide bonds. The van der Waals surface area contributed by atoms with Gasteiger partial charge in [-0.15, -0.1) is 0 Å². The first-order valence-corrected chi connectivity index (χ1v) is 28.2. The van der Waals surface area contributed by atoms with E-state index in [9.17, 15) is 19.8 Å². The lowest BCUT2D eigenvalue weighted by Gasteiger charge is -2.22. The Morgan fingerprint density at radius 2 is 0.781 bits per heavy atom. The van der Waals surface area contributed by atoms with Gasteiger partial charge in [0.1, 0.15) is 0 Å². The molecule has 0 fully saturated rings. The summed E-state index contributed by atoms with van der Waals surface area (Å²) < 4.78 is 5.41. The predicted molar refractivity (Wildman–Crippen MR) is 278 cm³/mol. The summed E-state index contributed by atoms with van der Waals surface area (Å²) in [7, 11) is 0. The fraction of sp³-hybridized carbons (Fsp3) is 0.862. The van der Waals surface area contributed by atoms with Gasteiger partial charge in [0.2, 0.25) is 5.91 Å². The number of aliphatic hydroxyl groups excluding tert-OH is 2. The highest BCUT2D eigenvalue weighted by Crippen LogP contribution is 2.16. The molecule has 0 radical (unpaired) electrons. The van der Waals surface area contributed by atoms with Crippen molar-refractivity contribution in [2.75, 3.05) is 13.2 Å². The van der Waals surface area contributed by atoms with E-state index in [1.807, 2.05) is 0 Å². The molecule has 64 heavy (non-hydrogen) atoms. The highest BCUT2D eigenvalue weighted by Gasteiger charge is 2.20. The number of carbonyl (C=O) groups excluding carboxylic acids is 2. The van der Waals surface area contributed by atoms with Gasteiger partial charge in [0.15, 0.2) is 0 Å². The average Bonchev–Trinajstić information content (AvgIpc) is 3.29. The first-order valence-electron chi connectivity index (χ1n) is 28.2. The zero-order valence-corrected chi connectivity index (χ0v) is 42.8. The predicted octanol–water partition coefficient (Wildman–Crippen LogP) is 17.2. The number of amides is 1. The van der Waals surface area contributed by atoms with Crippen LogP contribution in [0.25, 0.3) is 0 Å². The van der Waals surface area contributed by atoms with Gasteiger partial charge < -0.3 is 20.3 Å². The number of hydrogen-bond acceptors (Lipinski definition) is 5. The van der Waals surface area contributed by atoms with Crippen molar-refractivity contribution in [1.29, 1.82) is 0 Å². The van der Waals surface area contributed by atoms with Crippen molar-refractivity contribution in [3.05, 3.63) is 36.5 Å². The van der Waals surface area contributed by atoms with Crippen molar-refractivity contribution in [2.45, 2.75) is 309 Å². The monoisotopic (exact) mass is 900 g/mol. The van der Waals surface area contributed by atoms with Crippen LogP contribution in [-0.2, 0) is 14.3 Å². The Bertz CT molecular complexity index is 1040. The molecule has 3 N–H and O–H groups in total. The molecule has 0 aromatic rings. The van der Waals surface area contributed by atoms with E-state index in [0.29, 0.717) is 25.9 Å². The number of unbranched alkanes of at least 4 members (excludes halogenated alkanes) is 35. The van der Waals surface area contributed by atoms with Gasteiger partial charge in [0.25, 0.3) is 0 Å². The second kappa shape index (κ2) is 53.7. The number of ether oxygens (including phenoxy) is 1. The van der Waals surface area contributed by atoms with Crippen molar-refractivity contribution in [1.82, 2.24) is 5.32 Å². The average molecular weight is 901 g/mol. The van der Waals surface area contributed by atoms with E-state index in [2.05, 4.69) is 55.6 Å². The Kier molecular flexibility index (Phi) is 52.1. The van der Waals surface area contributed by atoms with Gasteiger partial charge in [-0.1, -0.05) is 249 Å². The third kappa shape index (κ3) is 49.5. The summed E-state index contributed by atoms with van der Waals surface area (Å²) >= 11 is 0. The number of hydrogen-bond donors (Lipinski definition) is 3. The summed E-state index contributed by atoms with van der Waals surface area (Å²) in [5.74, 6) is -0.0845. The lowest BCUT2D eigenvalue weighted by molar-refractivity contribution is -0.143. The molecule has 0 saturated heterocycles. The van der Waals surface area contributed by atoms with Crippen molar-refractivity contribution < 1.29 is 24.5 Å². The molecule has 0 saturated carbocycles. The SMILES string of the molecule is CCCCCCCC/C=C\CCCCCCCC(=O)OCC/C=C\C/C=C\CCCCCCCCCCCCCCCCC(=O)NC(CO)C(O)CCCCCCCCCCCCC. The molecule has 0 spiro atoms. The normalized spacial score (nSPS) is 12.9. The number of nitrogens with one attached hydrogen (secondary N) is 1. The van der Waals surface area contributed by atoms with Gasteiger partial charge in [-0.25, -0.2) is 0 Å². The largest absolute Gasteiger partial charge is 0.465 e. The van der Waals surface area contributed by atoms with Gasteiger partial charge >= 0.3 is 5.97 Å². The lowest BCUT2D eigenvalue weighted by Crippen LogP contribution is -2.45. The van der Waals surface area contributed by atoms with Crippen molar-refractivity contribution in [2.24, 2.45) is 0 Å². The minimum Gasteiger partial charge on any atom is -0.465 e. The molecule has 0 rings (SSSR count). The Balaban J connectivity index is 3.45. The highest BCUT2D eigenvalue weighted by molar-refractivity contribution is 5.76. The second-order valence-corrected chi connectivity index (χ2v) is 19.3. The molecular weight excluding hydrogens is 791 g/mol. The molecule has 6 nitrogen and oxygen atoms in total. The van der Waals surface area contributed by atoms with Crippen LogP contribution in [0.2, 0.25) is 0 Å². The van der Waals surface area contributed by atoms with E-state index in [-0.39, 0.29) is 18.5 Å². The molecular formula is C58H109NO5. The molecule has 0 aromatic heterocycles. The molecule has 376 valence electrons.